The first kappa shape index (κ1) is 9.60. The summed E-state index contributed by atoms with van der Waals surface area (Å²) >= 11 is 1.65. The molecule has 0 amide bonds. The van der Waals surface area contributed by atoms with Gasteiger partial charge in [0, 0.05) is 16.5 Å². The zero-order chi connectivity index (χ0) is 11.0. The van der Waals surface area contributed by atoms with Gasteiger partial charge in [-0.05, 0) is 35.7 Å². The normalized spacial score (nSPS) is 12.3. The van der Waals surface area contributed by atoms with Gasteiger partial charge in [0.25, 0.3) is 0 Å². The van der Waals surface area contributed by atoms with E-state index in [1.54, 1.807) is 19.1 Å². The van der Waals surface area contributed by atoms with Gasteiger partial charge in [0.1, 0.15) is 5.75 Å². The van der Waals surface area contributed by atoms with Crippen molar-refractivity contribution >= 4 is 17.6 Å². The fourth-order valence-corrected chi connectivity index (χ4v) is 2.68. The van der Waals surface area contributed by atoms with Gasteiger partial charge < -0.3 is 9.46 Å². The predicted octanol–water partition coefficient (Wildman–Crippen LogP) is 3.79. The molecule has 0 fully saturated rings. The van der Waals surface area contributed by atoms with Crippen LogP contribution in [0.2, 0.25) is 0 Å². The molecule has 1 aliphatic rings. The van der Waals surface area contributed by atoms with Gasteiger partial charge in [0.2, 0.25) is 0 Å². The van der Waals surface area contributed by atoms with E-state index < -0.39 is 0 Å². The van der Waals surface area contributed by atoms with Crippen molar-refractivity contribution in [2.75, 3.05) is 11.8 Å². The Morgan fingerprint density at radius 2 is 1.94 bits per heavy atom. The Hall–Kier alpha value is -1.61. The molecule has 16 heavy (non-hydrogen) atoms. The van der Waals surface area contributed by atoms with Crippen molar-refractivity contribution in [3.8, 4) is 16.9 Å². The molecule has 0 saturated carbocycles. The van der Waals surface area contributed by atoms with Gasteiger partial charge in [-0.3, -0.25) is 0 Å². The first-order valence-electron chi connectivity index (χ1n) is 5.09. The molecule has 3 heteroatoms. The van der Waals surface area contributed by atoms with E-state index in [0.29, 0.717) is 0 Å². The van der Waals surface area contributed by atoms with Crippen LogP contribution in [-0.2, 0) is 0 Å². The molecule has 0 saturated heterocycles. The summed E-state index contributed by atoms with van der Waals surface area (Å²) in [5, 5.41) is 0. The molecule has 0 aromatic heterocycles. The van der Waals surface area contributed by atoms with E-state index in [0.717, 1.165) is 11.4 Å². The number of rotatable bonds is 1. The summed E-state index contributed by atoms with van der Waals surface area (Å²) in [6, 6.07) is 14.5. The molecule has 1 N–H and O–H groups in total. The number of methoxy groups -OCH3 is 1. The van der Waals surface area contributed by atoms with E-state index >= 15 is 0 Å². The second-order valence-electron chi connectivity index (χ2n) is 3.61. The zero-order valence-corrected chi connectivity index (χ0v) is 9.67. The Kier molecular flexibility index (Phi) is 2.26. The van der Waals surface area contributed by atoms with Gasteiger partial charge in [-0.2, -0.15) is 0 Å². The molecule has 80 valence electrons. The predicted molar refractivity (Wildman–Crippen MR) is 67.9 cm³/mol. The van der Waals surface area contributed by atoms with E-state index in [9.17, 15) is 0 Å². The summed E-state index contributed by atoms with van der Waals surface area (Å²) in [6.07, 6.45) is 0. The Morgan fingerprint density at radius 1 is 1.06 bits per heavy atom. The van der Waals surface area contributed by atoms with Gasteiger partial charge in [0.05, 0.1) is 12.8 Å². The first-order chi connectivity index (χ1) is 7.88. The highest BCUT2D eigenvalue weighted by Crippen LogP contribution is 2.42. The molecule has 2 aromatic rings. The van der Waals surface area contributed by atoms with E-state index in [-0.39, 0.29) is 0 Å². The molecule has 0 aliphatic carbocycles. The molecule has 2 aromatic carbocycles. The van der Waals surface area contributed by atoms with Gasteiger partial charge in [-0.15, -0.1) is 0 Å². The van der Waals surface area contributed by atoms with Crippen molar-refractivity contribution in [1.29, 1.82) is 0 Å². The monoisotopic (exact) mass is 229 g/mol. The lowest BCUT2D eigenvalue weighted by atomic mass is 10.0. The molecule has 3 rings (SSSR count). The van der Waals surface area contributed by atoms with Gasteiger partial charge in [0.15, 0.2) is 0 Å². The first-order valence-corrected chi connectivity index (χ1v) is 5.90. The highest BCUT2D eigenvalue weighted by molar-refractivity contribution is 8.00. The highest BCUT2D eigenvalue weighted by atomic mass is 32.2. The van der Waals surface area contributed by atoms with Crippen molar-refractivity contribution in [3.63, 3.8) is 0 Å². The number of benzene rings is 2. The molecule has 0 spiro atoms. The van der Waals surface area contributed by atoms with Gasteiger partial charge in [-0.1, -0.05) is 18.2 Å². The minimum absolute atomic E-state index is 0.881. The molecule has 0 atom stereocenters. The second kappa shape index (κ2) is 3.76. The maximum atomic E-state index is 5.22. The van der Waals surface area contributed by atoms with E-state index in [1.807, 2.05) is 12.1 Å². The summed E-state index contributed by atoms with van der Waals surface area (Å²) in [6.45, 7) is 0. The topological polar surface area (TPSA) is 21.3 Å². The molecule has 2 nitrogen and oxygen atoms in total. The van der Waals surface area contributed by atoms with Crippen LogP contribution in [0.15, 0.2) is 47.4 Å². The lowest BCUT2D eigenvalue weighted by Crippen LogP contribution is -1.98. The largest absolute Gasteiger partial charge is 0.497 e. The molecule has 0 radical (unpaired) electrons. The lowest BCUT2D eigenvalue weighted by molar-refractivity contribution is 0.415. The standard InChI is InChI=1S/C13H11NOS/c1-15-9-6-7-10-11-4-2-3-5-13(11)16-14-12(10)8-9/h2-8,14H,1H3. The smallest absolute Gasteiger partial charge is 0.120 e. The summed E-state index contributed by atoms with van der Waals surface area (Å²) in [7, 11) is 1.69. The van der Waals surface area contributed by atoms with Gasteiger partial charge >= 0.3 is 0 Å². The molecular formula is C13H11NOS. The maximum Gasteiger partial charge on any atom is 0.120 e. The zero-order valence-electron chi connectivity index (χ0n) is 8.86. The number of fused-ring (bicyclic) bond motifs is 3. The van der Waals surface area contributed by atoms with Crippen LogP contribution >= 0.6 is 11.9 Å². The summed E-state index contributed by atoms with van der Waals surface area (Å²) in [4.78, 5) is 1.26. The van der Waals surface area contributed by atoms with Crippen LogP contribution in [0.4, 0.5) is 5.69 Å². The van der Waals surface area contributed by atoms with Crippen LogP contribution in [0.3, 0.4) is 0 Å². The Bertz CT molecular complexity index is 539. The van der Waals surface area contributed by atoms with Crippen molar-refractivity contribution in [2.45, 2.75) is 4.90 Å². The van der Waals surface area contributed by atoms with Gasteiger partial charge in [-0.25, -0.2) is 0 Å². The van der Waals surface area contributed by atoms with Crippen molar-refractivity contribution in [1.82, 2.24) is 0 Å². The van der Waals surface area contributed by atoms with Crippen LogP contribution in [0, 0.1) is 0 Å². The van der Waals surface area contributed by atoms with E-state index in [4.69, 9.17) is 4.74 Å². The molecule has 0 unspecified atom stereocenters. The Balaban J connectivity index is 2.18. The highest BCUT2D eigenvalue weighted by Gasteiger charge is 2.15. The second-order valence-corrected chi connectivity index (χ2v) is 4.46. The average Bonchev–Trinajstić information content (AvgIpc) is 2.38. The third-order valence-corrected chi connectivity index (χ3v) is 3.57. The van der Waals surface area contributed by atoms with Crippen molar-refractivity contribution in [2.24, 2.45) is 0 Å². The van der Waals surface area contributed by atoms with E-state index in [2.05, 4.69) is 35.1 Å². The fraction of sp³-hybridized carbons (Fsp3) is 0.0769. The lowest BCUT2D eigenvalue weighted by Gasteiger charge is -2.20. The van der Waals surface area contributed by atoms with Crippen LogP contribution in [0.5, 0.6) is 5.75 Å². The van der Waals surface area contributed by atoms with Crippen LogP contribution in [0.1, 0.15) is 0 Å². The average molecular weight is 229 g/mol. The molecule has 1 heterocycles. The van der Waals surface area contributed by atoms with E-state index in [1.165, 1.54) is 16.0 Å². The quantitative estimate of drug-likeness (QED) is 0.752. The van der Waals surface area contributed by atoms with Crippen LogP contribution in [0.25, 0.3) is 11.1 Å². The summed E-state index contributed by atoms with van der Waals surface area (Å²) in [5.74, 6) is 0.881. The van der Waals surface area contributed by atoms with Crippen LogP contribution in [-0.4, -0.2) is 7.11 Å². The number of nitrogens with one attached hydrogen (secondary N) is 1. The number of hydrogen-bond donors (Lipinski definition) is 1. The SMILES string of the molecule is COc1ccc2c(c1)NSc1ccccc1-2. The summed E-state index contributed by atoms with van der Waals surface area (Å²) < 4.78 is 8.55. The molecular weight excluding hydrogens is 218 g/mol. The Labute approximate surface area is 98.8 Å². The minimum atomic E-state index is 0.881. The number of anilines is 1. The maximum absolute atomic E-state index is 5.22. The van der Waals surface area contributed by atoms with Crippen LogP contribution < -0.4 is 9.46 Å². The van der Waals surface area contributed by atoms with Crippen molar-refractivity contribution in [3.05, 3.63) is 42.5 Å². The number of ether oxygens (including phenoxy) is 1. The minimum Gasteiger partial charge on any atom is -0.497 e. The number of hydrogen-bond acceptors (Lipinski definition) is 3. The third kappa shape index (κ3) is 1.44. The third-order valence-electron chi connectivity index (χ3n) is 2.67. The molecule has 0 bridgehead atoms. The summed E-state index contributed by atoms with van der Waals surface area (Å²) in [5.41, 5.74) is 3.63. The molecule has 1 aliphatic heterocycles. The fourth-order valence-electron chi connectivity index (χ4n) is 1.86. The van der Waals surface area contributed by atoms with Crippen molar-refractivity contribution < 1.29 is 4.74 Å². The Morgan fingerprint density at radius 3 is 2.81 bits per heavy atom.